The number of nitrogens with one attached hydrogen (secondary N) is 1. The summed E-state index contributed by atoms with van der Waals surface area (Å²) in [4.78, 5) is 19.6. The zero-order valence-electron chi connectivity index (χ0n) is 14.3. The number of carbonyl (C=O) groups is 1. The van der Waals surface area contributed by atoms with Crippen LogP contribution < -0.4 is 0 Å². The second kappa shape index (κ2) is 7.09. The molecule has 0 amide bonds. The van der Waals surface area contributed by atoms with Gasteiger partial charge in [-0.25, -0.2) is 14.5 Å². The summed E-state index contributed by atoms with van der Waals surface area (Å²) in [6.07, 6.45) is 2.69. The molecular weight excluding hydrogens is 384 g/mol. The van der Waals surface area contributed by atoms with E-state index in [9.17, 15) is 4.79 Å². The van der Waals surface area contributed by atoms with Gasteiger partial charge in [-0.15, -0.1) is 11.8 Å². The van der Waals surface area contributed by atoms with Gasteiger partial charge < -0.3 is 10.1 Å². The van der Waals surface area contributed by atoms with Crippen LogP contribution in [-0.2, 0) is 5.75 Å². The normalized spacial score (nSPS) is 11.2. The summed E-state index contributed by atoms with van der Waals surface area (Å²) in [6.45, 7) is 2.07. The van der Waals surface area contributed by atoms with Gasteiger partial charge in [-0.3, -0.25) is 0 Å². The Labute approximate surface area is 164 Å². The van der Waals surface area contributed by atoms with E-state index in [1.165, 1.54) is 28.2 Å². The number of nitrogens with zero attached hydrogens (tertiary/aromatic N) is 3. The molecule has 27 heavy (non-hydrogen) atoms. The van der Waals surface area contributed by atoms with Crippen LogP contribution >= 0.6 is 23.4 Å². The van der Waals surface area contributed by atoms with Crippen molar-refractivity contribution in [1.29, 1.82) is 0 Å². The van der Waals surface area contributed by atoms with E-state index >= 15 is 0 Å². The quantitative estimate of drug-likeness (QED) is 0.476. The van der Waals surface area contributed by atoms with Crippen molar-refractivity contribution in [1.82, 2.24) is 19.7 Å². The van der Waals surface area contributed by atoms with Gasteiger partial charge >= 0.3 is 5.97 Å². The Bertz CT molecular complexity index is 1130. The van der Waals surface area contributed by atoms with E-state index in [2.05, 4.69) is 46.3 Å². The Balaban J connectivity index is 1.60. The van der Waals surface area contributed by atoms with Crippen molar-refractivity contribution in [2.75, 3.05) is 0 Å². The SMILES string of the molecule is Cc1ccc(CSc2cc3nc(-n4cc(C(=O)O)cn4)[nH]c3cc2Cl)cc1. The minimum absolute atomic E-state index is 0.0998. The van der Waals surface area contributed by atoms with E-state index in [0.29, 0.717) is 11.0 Å². The summed E-state index contributed by atoms with van der Waals surface area (Å²) in [5, 5.41) is 13.7. The first kappa shape index (κ1) is 17.6. The van der Waals surface area contributed by atoms with E-state index in [0.717, 1.165) is 21.7 Å². The average molecular weight is 399 g/mol. The van der Waals surface area contributed by atoms with Gasteiger partial charge in [0.05, 0.1) is 27.8 Å². The van der Waals surface area contributed by atoms with E-state index in [1.807, 2.05) is 12.1 Å². The van der Waals surface area contributed by atoms with Crippen LogP contribution in [0, 0.1) is 6.92 Å². The number of imidazole rings is 1. The summed E-state index contributed by atoms with van der Waals surface area (Å²) in [6, 6.07) is 12.2. The van der Waals surface area contributed by atoms with Crippen molar-refractivity contribution < 1.29 is 9.90 Å². The molecule has 2 N–H and O–H groups in total. The van der Waals surface area contributed by atoms with Gasteiger partial charge in [0.25, 0.3) is 0 Å². The molecular formula is C19H15ClN4O2S. The fourth-order valence-electron chi connectivity index (χ4n) is 2.61. The van der Waals surface area contributed by atoms with E-state index in [-0.39, 0.29) is 5.56 Å². The molecule has 0 radical (unpaired) electrons. The molecule has 0 aliphatic heterocycles. The lowest BCUT2D eigenvalue weighted by molar-refractivity contribution is 0.0697. The number of halogens is 1. The number of carboxylic acid groups (broad SMARTS) is 1. The van der Waals surface area contributed by atoms with Crippen LogP contribution in [0.3, 0.4) is 0 Å². The largest absolute Gasteiger partial charge is 0.478 e. The summed E-state index contributed by atoms with van der Waals surface area (Å²) in [5.41, 5.74) is 4.07. The van der Waals surface area contributed by atoms with Crippen molar-refractivity contribution >= 4 is 40.4 Å². The van der Waals surface area contributed by atoms with Gasteiger partial charge in [-0.2, -0.15) is 5.10 Å². The van der Waals surface area contributed by atoms with Crippen molar-refractivity contribution in [3.63, 3.8) is 0 Å². The fourth-order valence-corrected chi connectivity index (χ4v) is 3.85. The van der Waals surface area contributed by atoms with Crippen molar-refractivity contribution in [3.8, 4) is 5.95 Å². The van der Waals surface area contributed by atoms with Gasteiger partial charge in [0, 0.05) is 16.8 Å². The minimum atomic E-state index is -1.03. The zero-order valence-corrected chi connectivity index (χ0v) is 15.9. The zero-order chi connectivity index (χ0) is 19.0. The third kappa shape index (κ3) is 3.70. The highest BCUT2D eigenvalue weighted by Crippen LogP contribution is 2.33. The summed E-state index contributed by atoms with van der Waals surface area (Å²) in [5.74, 6) is 0.216. The predicted molar refractivity (Wildman–Crippen MR) is 106 cm³/mol. The highest BCUT2D eigenvalue weighted by atomic mass is 35.5. The number of H-pyrrole nitrogens is 1. The number of carboxylic acids is 1. The third-order valence-corrected chi connectivity index (χ3v) is 5.64. The van der Waals surface area contributed by atoms with Crippen LogP contribution in [-0.4, -0.2) is 30.8 Å². The first-order valence-corrected chi connectivity index (χ1v) is 9.52. The number of benzene rings is 2. The number of rotatable bonds is 5. The Kier molecular flexibility index (Phi) is 4.63. The number of aromatic nitrogens is 4. The molecule has 0 aliphatic carbocycles. The highest BCUT2D eigenvalue weighted by Gasteiger charge is 2.12. The van der Waals surface area contributed by atoms with E-state index < -0.39 is 5.97 Å². The second-order valence-corrected chi connectivity index (χ2v) is 7.54. The highest BCUT2D eigenvalue weighted by molar-refractivity contribution is 7.98. The third-order valence-electron chi connectivity index (χ3n) is 4.08. The molecule has 8 heteroatoms. The molecule has 0 fully saturated rings. The number of hydrogen-bond acceptors (Lipinski definition) is 4. The maximum Gasteiger partial charge on any atom is 0.338 e. The molecule has 0 spiro atoms. The van der Waals surface area contributed by atoms with Gasteiger partial charge in [-0.1, -0.05) is 41.4 Å². The number of aryl methyl sites for hydroxylation is 1. The number of fused-ring (bicyclic) bond motifs is 1. The standard InChI is InChI=1S/C19H15ClN4O2S/c1-11-2-4-12(5-3-11)10-27-17-7-16-15(6-14(17)20)22-19(23-16)24-9-13(8-21-24)18(25)26/h2-9H,10H2,1H3,(H,22,23)(H,25,26). The number of aromatic carboxylic acids is 1. The molecule has 0 saturated heterocycles. The topological polar surface area (TPSA) is 83.8 Å². The first-order chi connectivity index (χ1) is 13.0. The van der Waals surface area contributed by atoms with Crippen LogP contribution in [0.4, 0.5) is 0 Å². The molecule has 0 unspecified atom stereocenters. The Morgan fingerprint density at radius 3 is 2.78 bits per heavy atom. The van der Waals surface area contributed by atoms with Crippen LogP contribution in [0.15, 0.2) is 53.7 Å². The molecule has 0 bridgehead atoms. The maximum absolute atomic E-state index is 11.0. The molecule has 0 atom stereocenters. The van der Waals surface area contributed by atoms with E-state index in [4.69, 9.17) is 16.7 Å². The lowest BCUT2D eigenvalue weighted by Crippen LogP contribution is -1.97. The van der Waals surface area contributed by atoms with Crippen LogP contribution in [0.25, 0.3) is 17.0 Å². The lowest BCUT2D eigenvalue weighted by atomic mass is 10.2. The Morgan fingerprint density at radius 1 is 1.30 bits per heavy atom. The summed E-state index contributed by atoms with van der Waals surface area (Å²) >= 11 is 8.07. The minimum Gasteiger partial charge on any atom is -0.478 e. The summed E-state index contributed by atoms with van der Waals surface area (Å²) < 4.78 is 1.40. The fraction of sp³-hybridized carbons (Fsp3) is 0.105. The number of thioether (sulfide) groups is 1. The summed E-state index contributed by atoms with van der Waals surface area (Å²) in [7, 11) is 0. The molecule has 0 aliphatic rings. The van der Waals surface area contributed by atoms with Gasteiger partial charge in [0.2, 0.25) is 5.95 Å². The second-order valence-electron chi connectivity index (χ2n) is 6.11. The maximum atomic E-state index is 11.0. The molecule has 4 rings (SSSR count). The Morgan fingerprint density at radius 2 is 2.07 bits per heavy atom. The van der Waals surface area contributed by atoms with Gasteiger partial charge in [-0.05, 0) is 24.6 Å². The number of aromatic amines is 1. The van der Waals surface area contributed by atoms with Crippen LogP contribution in [0.2, 0.25) is 5.02 Å². The van der Waals surface area contributed by atoms with Crippen molar-refractivity contribution in [3.05, 3.63) is 70.5 Å². The lowest BCUT2D eigenvalue weighted by Gasteiger charge is -2.05. The molecule has 2 aromatic heterocycles. The molecule has 2 aromatic carbocycles. The predicted octanol–water partition coefficient (Wildman–Crippen LogP) is 4.70. The first-order valence-electron chi connectivity index (χ1n) is 8.15. The van der Waals surface area contributed by atoms with Gasteiger partial charge in [0.15, 0.2) is 0 Å². The number of hydrogen-bond donors (Lipinski definition) is 2. The molecule has 6 nitrogen and oxygen atoms in total. The van der Waals surface area contributed by atoms with Crippen LogP contribution in [0.1, 0.15) is 21.5 Å². The van der Waals surface area contributed by atoms with Crippen molar-refractivity contribution in [2.45, 2.75) is 17.6 Å². The smallest absolute Gasteiger partial charge is 0.338 e. The average Bonchev–Trinajstić information content (AvgIpc) is 3.27. The van der Waals surface area contributed by atoms with Crippen molar-refractivity contribution in [2.24, 2.45) is 0 Å². The molecule has 2 heterocycles. The van der Waals surface area contributed by atoms with Gasteiger partial charge in [0.1, 0.15) is 0 Å². The monoisotopic (exact) mass is 398 g/mol. The van der Waals surface area contributed by atoms with E-state index in [1.54, 1.807) is 11.8 Å². The van der Waals surface area contributed by atoms with Crippen LogP contribution in [0.5, 0.6) is 0 Å². The Hall–Kier alpha value is -2.77. The molecule has 4 aromatic rings. The molecule has 136 valence electrons. The molecule has 0 saturated carbocycles.